The Hall–Kier alpha value is -3.54. The summed E-state index contributed by atoms with van der Waals surface area (Å²) in [6, 6.07) is 12.5. The Morgan fingerprint density at radius 2 is 1.68 bits per heavy atom. The van der Waals surface area contributed by atoms with Crippen molar-refractivity contribution in [2.24, 2.45) is 11.8 Å². The second kappa shape index (κ2) is 15.0. The third kappa shape index (κ3) is 9.73. The molecule has 1 aliphatic rings. The average molecular weight is 519 g/mol. The Morgan fingerprint density at radius 1 is 1.00 bits per heavy atom. The van der Waals surface area contributed by atoms with Crippen LogP contribution in [0.4, 0.5) is 11.4 Å². The number of carbonyl (C=O) groups is 2. The van der Waals surface area contributed by atoms with Gasteiger partial charge in [-0.25, -0.2) is 4.79 Å². The Morgan fingerprint density at radius 3 is 2.34 bits per heavy atom. The van der Waals surface area contributed by atoms with Gasteiger partial charge in [-0.3, -0.25) is 4.79 Å². The minimum Gasteiger partial charge on any atom is -0.462 e. The van der Waals surface area contributed by atoms with Crippen molar-refractivity contribution in [2.45, 2.75) is 70.6 Å². The maximum absolute atomic E-state index is 12.7. The number of anilines is 2. The van der Waals surface area contributed by atoms with E-state index in [0.717, 1.165) is 49.1 Å². The maximum atomic E-state index is 12.7. The highest BCUT2D eigenvalue weighted by atomic mass is 16.5. The molecule has 6 heteroatoms. The minimum atomic E-state index is -0.434. The molecule has 0 aliphatic heterocycles. The summed E-state index contributed by atoms with van der Waals surface area (Å²) in [7, 11) is 0. The monoisotopic (exact) mass is 518 g/mol. The van der Waals surface area contributed by atoms with Crippen molar-refractivity contribution in [3.05, 3.63) is 72.3 Å². The number of allylic oxidation sites excluding steroid dienone is 1. The molecule has 1 aliphatic carbocycles. The number of rotatable bonds is 13. The lowest BCUT2D eigenvalue weighted by Gasteiger charge is -2.27. The summed E-state index contributed by atoms with van der Waals surface area (Å²) in [5.41, 5.74) is 14.6. The molecule has 38 heavy (non-hydrogen) atoms. The van der Waals surface area contributed by atoms with Crippen LogP contribution in [0.2, 0.25) is 0 Å². The third-order valence-corrected chi connectivity index (χ3v) is 7.26. The summed E-state index contributed by atoms with van der Waals surface area (Å²) in [6.45, 7) is 5.94. The van der Waals surface area contributed by atoms with Gasteiger partial charge in [0, 0.05) is 23.4 Å². The zero-order chi connectivity index (χ0) is 27.3. The van der Waals surface area contributed by atoms with Gasteiger partial charge in [0.25, 0.3) is 0 Å². The normalized spacial score (nSPS) is 18.1. The predicted molar refractivity (Wildman–Crippen MR) is 154 cm³/mol. The average Bonchev–Trinajstić information content (AvgIpc) is 2.91. The first-order chi connectivity index (χ1) is 18.3. The molecule has 0 bridgehead atoms. The fourth-order valence-electron chi connectivity index (χ4n) is 4.93. The standard InChI is InChI=1S/C32H42N2O4/c1-3-4-5-6-7-8-24-9-14-26(15-10-24)32(36)38-30-16-11-25(12-17-30)13-18-31(35)37-22-23(2)27-19-28(33)21-29(34)20-27/h3,11-13,16-21,23-24,26H,1,4-10,14-15,22,33-34H2,2H3. The van der Waals surface area contributed by atoms with E-state index in [9.17, 15) is 9.59 Å². The van der Waals surface area contributed by atoms with Crippen LogP contribution in [0.1, 0.15) is 81.8 Å². The van der Waals surface area contributed by atoms with Crippen LogP contribution in [0.5, 0.6) is 5.75 Å². The van der Waals surface area contributed by atoms with Crippen molar-refractivity contribution in [3.63, 3.8) is 0 Å². The van der Waals surface area contributed by atoms with Crippen LogP contribution in [0, 0.1) is 11.8 Å². The van der Waals surface area contributed by atoms with E-state index in [4.69, 9.17) is 20.9 Å². The van der Waals surface area contributed by atoms with Crippen molar-refractivity contribution in [3.8, 4) is 5.75 Å². The van der Waals surface area contributed by atoms with E-state index in [1.165, 1.54) is 31.8 Å². The molecule has 0 radical (unpaired) electrons. The van der Waals surface area contributed by atoms with Crippen LogP contribution in [-0.4, -0.2) is 18.5 Å². The highest BCUT2D eigenvalue weighted by Crippen LogP contribution is 2.33. The molecule has 1 fully saturated rings. The number of carbonyl (C=O) groups excluding carboxylic acids is 2. The first kappa shape index (κ1) is 29.0. The van der Waals surface area contributed by atoms with Crippen LogP contribution < -0.4 is 16.2 Å². The van der Waals surface area contributed by atoms with E-state index in [-0.39, 0.29) is 24.4 Å². The van der Waals surface area contributed by atoms with E-state index < -0.39 is 5.97 Å². The molecule has 0 saturated heterocycles. The highest BCUT2D eigenvalue weighted by Gasteiger charge is 2.27. The van der Waals surface area contributed by atoms with E-state index in [1.807, 2.05) is 37.3 Å². The number of hydrogen-bond donors (Lipinski definition) is 2. The van der Waals surface area contributed by atoms with Crippen LogP contribution in [0.3, 0.4) is 0 Å². The van der Waals surface area contributed by atoms with Crippen LogP contribution in [0.15, 0.2) is 61.2 Å². The summed E-state index contributed by atoms with van der Waals surface area (Å²) in [5.74, 6) is 0.630. The van der Waals surface area contributed by atoms with Gasteiger partial charge in [-0.1, -0.05) is 44.4 Å². The summed E-state index contributed by atoms with van der Waals surface area (Å²) in [6.07, 6.45) is 15.2. The smallest absolute Gasteiger partial charge is 0.330 e. The fraction of sp³-hybridized carbons (Fsp3) is 0.438. The van der Waals surface area contributed by atoms with E-state index in [2.05, 4.69) is 6.58 Å². The van der Waals surface area contributed by atoms with Crippen molar-refractivity contribution in [2.75, 3.05) is 18.1 Å². The van der Waals surface area contributed by atoms with E-state index >= 15 is 0 Å². The van der Waals surface area contributed by atoms with Gasteiger partial charge >= 0.3 is 11.9 Å². The lowest BCUT2D eigenvalue weighted by Crippen LogP contribution is -2.25. The molecule has 0 amide bonds. The number of nitrogens with two attached hydrogens (primary N) is 2. The van der Waals surface area contributed by atoms with Gasteiger partial charge in [-0.15, -0.1) is 6.58 Å². The zero-order valence-corrected chi connectivity index (χ0v) is 22.6. The van der Waals surface area contributed by atoms with Crippen LogP contribution in [0.25, 0.3) is 6.08 Å². The van der Waals surface area contributed by atoms with Gasteiger partial charge in [-0.05, 0) is 92.0 Å². The SMILES string of the molecule is C=CCCCCCC1CCC(C(=O)Oc2ccc(C=CC(=O)OCC(C)c3cc(N)cc(N)c3)cc2)CC1. The first-order valence-electron chi connectivity index (χ1n) is 13.8. The molecule has 1 unspecified atom stereocenters. The summed E-state index contributed by atoms with van der Waals surface area (Å²) >= 11 is 0. The second-order valence-corrected chi connectivity index (χ2v) is 10.4. The molecular weight excluding hydrogens is 476 g/mol. The Balaban J connectivity index is 1.37. The van der Waals surface area contributed by atoms with Gasteiger partial charge in [0.1, 0.15) is 5.75 Å². The van der Waals surface area contributed by atoms with E-state index in [1.54, 1.807) is 24.3 Å². The second-order valence-electron chi connectivity index (χ2n) is 10.4. The molecule has 3 rings (SSSR count). The van der Waals surface area contributed by atoms with Gasteiger partial charge < -0.3 is 20.9 Å². The van der Waals surface area contributed by atoms with Crippen molar-refractivity contribution >= 4 is 29.4 Å². The minimum absolute atomic E-state index is 0.0208. The molecule has 0 aromatic heterocycles. The van der Waals surface area contributed by atoms with Gasteiger partial charge in [0.05, 0.1) is 12.5 Å². The molecule has 4 N–H and O–H groups in total. The largest absolute Gasteiger partial charge is 0.462 e. The number of unbranched alkanes of at least 4 members (excludes halogenated alkanes) is 3. The number of hydrogen-bond acceptors (Lipinski definition) is 6. The molecule has 2 aromatic carbocycles. The molecule has 1 atom stereocenters. The lowest BCUT2D eigenvalue weighted by atomic mass is 9.80. The molecule has 0 heterocycles. The summed E-state index contributed by atoms with van der Waals surface area (Å²) in [5, 5.41) is 0. The fourth-order valence-corrected chi connectivity index (χ4v) is 4.93. The van der Waals surface area contributed by atoms with Gasteiger partial charge in [0.2, 0.25) is 0 Å². The highest BCUT2D eigenvalue weighted by molar-refractivity contribution is 5.87. The van der Waals surface area contributed by atoms with Gasteiger partial charge in [0.15, 0.2) is 0 Å². The Bertz CT molecular complexity index is 1060. The van der Waals surface area contributed by atoms with Crippen molar-refractivity contribution < 1.29 is 19.1 Å². The summed E-state index contributed by atoms with van der Waals surface area (Å²) in [4.78, 5) is 24.8. The van der Waals surface area contributed by atoms with Gasteiger partial charge in [-0.2, -0.15) is 0 Å². The maximum Gasteiger partial charge on any atom is 0.330 e. The number of esters is 2. The summed E-state index contributed by atoms with van der Waals surface area (Å²) < 4.78 is 11.0. The topological polar surface area (TPSA) is 105 Å². The quantitative estimate of drug-likeness (QED) is 0.0734. The molecule has 0 spiro atoms. The van der Waals surface area contributed by atoms with E-state index in [0.29, 0.717) is 17.1 Å². The molecule has 2 aromatic rings. The van der Waals surface area contributed by atoms with Crippen molar-refractivity contribution in [1.29, 1.82) is 0 Å². The Labute approximate surface area is 227 Å². The molecular formula is C32H42N2O4. The molecule has 6 nitrogen and oxygen atoms in total. The first-order valence-corrected chi connectivity index (χ1v) is 13.8. The van der Waals surface area contributed by atoms with Crippen molar-refractivity contribution in [1.82, 2.24) is 0 Å². The number of ether oxygens (including phenoxy) is 2. The van der Waals surface area contributed by atoms with Crippen LogP contribution >= 0.6 is 0 Å². The molecule has 204 valence electrons. The number of nitrogen functional groups attached to an aromatic ring is 2. The Kier molecular flexibility index (Phi) is 11.5. The third-order valence-electron chi connectivity index (χ3n) is 7.26. The number of benzene rings is 2. The zero-order valence-electron chi connectivity index (χ0n) is 22.6. The lowest BCUT2D eigenvalue weighted by molar-refractivity contribution is -0.140. The predicted octanol–water partition coefficient (Wildman–Crippen LogP) is 7.06. The van der Waals surface area contributed by atoms with Crippen LogP contribution in [-0.2, 0) is 14.3 Å². The molecule has 1 saturated carbocycles.